The average molecular weight is 429 g/mol. The second-order valence-corrected chi connectivity index (χ2v) is 8.22. The van der Waals surface area contributed by atoms with Crippen molar-refractivity contribution in [2.45, 2.75) is 19.4 Å². The van der Waals surface area contributed by atoms with Crippen molar-refractivity contribution in [3.63, 3.8) is 0 Å². The molecule has 1 aliphatic rings. The monoisotopic (exact) mass is 428 g/mol. The smallest absolute Gasteiger partial charge is 0.254 e. The largest absolute Gasteiger partial charge is 0.497 e. The highest BCUT2D eigenvalue weighted by molar-refractivity contribution is 5.95. The fourth-order valence-corrected chi connectivity index (χ4v) is 4.41. The van der Waals surface area contributed by atoms with Crippen LogP contribution in [0.25, 0.3) is 0 Å². The summed E-state index contributed by atoms with van der Waals surface area (Å²) in [5.74, 6) is 0.169. The summed E-state index contributed by atoms with van der Waals surface area (Å²) in [5, 5.41) is 3.08. The minimum atomic E-state index is -0.311. The van der Waals surface area contributed by atoms with E-state index in [2.05, 4.69) is 24.4 Å². The first-order valence-electron chi connectivity index (χ1n) is 10.9. The van der Waals surface area contributed by atoms with E-state index >= 15 is 0 Å². The first-order chi connectivity index (χ1) is 15.6. The van der Waals surface area contributed by atoms with Gasteiger partial charge in [-0.25, -0.2) is 0 Å². The minimum absolute atomic E-state index is 0.0250. The molecule has 0 saturated carbocycles. The molecule has 0 spiro atoms. The van der Waals surface area contributed by atoms with Gasteiger partial charge < -0.3 is 15.0 Å². The van der Waals surface area contributed by atoms with Gasteiger partial charge in [-0.2, -0.15) is 0 Å². The molecule has 0 bridgehead atoms. The van der Waals surface area contributed by atoms with Crippen molar-refractivity contribution in [1.29, 1.82) is 0 Å². The van der Waals surface area contributed by atoms with E-state index in [4.69, 9.17) is 4.74 Å². The number of benzene rings is 3. The number of amides is 2. The molecule has 5 heteroatoms. The third-order valence-corrected chi connectivity index (χ3v) is 6.16. The topological polar surface area (TPSA) is 58.6 Å². The third-order valence-electron chi connectivity index (χ3n) is 6.16. The van der Waals surface area contributed by atoms with Crippen molar-refractivity contribution < 1.29 is 14.3 Å². The number of hydrogen-bond donors (Lipinski definition) is 1. The van der Waals surface area contributed by atoms with Gasteiger partial charge in [0.05, 0.1) is 13.0 Å². The lowest BCUT2D eigenvalue weighted by atomic mass is 9.86. The van der Waals surface area contributed by atoms with Crippen LogP contribution in [-0.2, 0) is 11.3 Å². The summed E-state index contributed by atoms with van der Waals surface area (Å²) in [4.78, 5) is 28.3. The highest BCUT2D eigenvalue weighted by Crippen LogP contribution is 2.35. The summed E-state index contributed by atoms with van der Waals surface area (Å²) >= 11 is 0. The molecule has 5 nitrogen and oxygen atoms in total. The zero-order valence-electron chi connectivity index (χ0n) is 18.5. The molecule has 0 aliphatic carbocycles. The molecule has 1 saturated heterocycles. The molecule has 0 radical (unpaired) electrons. The van der Waals surface area contributed by atoms with Gasteiger partial charge in [-0.1, -0.05) is 60.7 Å². The van der Waals surface area contributed by atoms with Crippen LogP contribution in [0.2, 0.25) is 0 Å². The van der Waals surface area contributed by atoms with Gasteiger partial charge >= 0.3 is 0 Å². The van der Waals surface area contributed by atoms with Gasteiger partial charge in [-0.05, 0) is 41.8 Å². The number of carbonyl (C=O) groups is 2. The predicted molar refractivity (Wildman–Crippen MR) is 125 cm³/mol. The van der Waals surface area contributed by atoms with E-state index in [9.17, 15) is 9.59 Å². The summed E-state index contributed by atoms with van der Waals surface area (Å²) < 4.78 is 5.27. The Morgan fingerprint density at radius 1 is 0.969 bits per heavy atom. The van der Waals surface area contributed by atoms with Crippen molar-refractivity contribution in [3.8, 4) is 5.75 Å². The van der Waals surface area contributed by atoms with E-state index < -0.39 is 0 Å². The summed E-state index contributed by atoms with van der Waals surface area (Å²) in [6.45, 7) is 3.42. The van der Waals surface area contributed by atoms with E-state index in [0.29, 0.717) is 30.9 Å². The number of hydrogen-bond acceptors (Lipinski definition) is 3. The van der Waals surface area contributed by atoms with E-state index in [1.165, 1.54) is 0 Å². The zero-order chi connectivity index (χ0) is 22.5. The lowest BCUT2D eigenvalue weighted by Gasteiger charge is -2.20. The number of likely N-dealkylation sites (tertiary alicyclic amines) is 1. The van der Waals surface area contributed by atoms with Gasteiger partial charge in [0.15, 0.2) is 0 Å². The van der Waals surface area contributed by atoms with Gasteiger partial charge in [-0.3, -0.25) is 9.59 Å². The summed E-state index contributed by atoms with van der Waals surface area (Å²) in [6.07, 6.45) is 0. The van der Waals surface area contributed by atoms with Crippen molar-refractivity contribution >= 4 is 11.8 Å². The summed E-state index contributed by atoms with van der Waals surface area (Å²) in [7, 11) is 1.58. The van der Waals surface area contributed by atoms with Crippen molar-refractivity contribution in [1.82, 2.24) is 10.2 Å². The minimum Gasteiger partial charge on any atom is -0.497 e. The Hall–Kier alpha value is -3.60. The number of nitrogens with zero attached hydrogens (tertiary/aromatic N) is 1. The molecule has 164 valence electrons. The number of ether oxygens (including phenoxy) is 1. The van der Waals surface area contributed by atoms with Crippen molar-refractivity contribution in [2.24, 2.45) is 5.92 Å². The number of nitrogens with one attached hydrogen (secondary N) is 1. The molecule has 2 unspecified atom stereocenters. The van der Waals surface area contributed by atoms with Gasteiger partial charge in [0.2, 0.25) is 5.91 Å². The maximum Gasteiger partial charge on any atom is 0.254 e. The average Bonchev–Trinajstić information content (AvgIpc) is 3.28. The molecule has 2 atom stereocenters. The lowest BCUT2D eigenvalue weighted by molar-refractivity contribution is -0.125. The molecule has 3 aromatic rings. The predicted octanol–water partition coefficient (Wildman–Crippen LogP) is 4.18. The normalized spacial score (nSPS) is 17.8. The molecular formula is C27H28N2O3. The van der Waals surface area contributed by atoms with Crippen molar-refractivity contribution in [3.05, 3.63) is 101 Å². The number of rotatable bonds is 6. The Morgan fingerprint density at radius 3 is 2.47 bits per heavy atom. The lowest BCUT2D eigenvalue weighted by Crippen LogP contribution is -2.35. The maximum absolute atomic E-state index is 13.3. The molecule has 3 aromatic carbocycles. The van der Waals surface area contributed by atoms with Crippen LogP contribution in [0.3, 0.4) is 0 Å². The van der Waals surface area contributed by atoms with Crippen LogP contribution in [0.15, 0.2) is 78.9 Å². The zero-order valence-corrected chi connectivity index (χ0v) is 18.5. The number of aryl methyl sites for hydroxylation is 1. The molecule has 1 aliphatic heterocycles. The first kappa shape index (κ1) is 21.6. The Balaban J connectivity index is 1.57. The van der Waals surface area contributed by atoms with Gasteiger partial charge in [0.1, 0.15) is 5.75 Å². The van der Waals surface area contributed by atoms with Gasteiger partial charge in [0.25, 0.3) is 5.91 Å². The van der Waals surface area contributed by atoms with Crippen LogP contribution in [-0.4, -0.2) is 36.9 Å². The van der Waals surface area contributed by atoms with E-state index in [0.717, 1.165) is 16.7 Å². The van der Waals surface area contributed by atoms with Crippen molar-refractivity contribution in [2.75, 3.05) is 20.2 Å². The second-order valence-electron chi connectivity index (χ2n) is 8.22. The van der Waals surface area contributed by atoms with Crippen LogP contribution in [0.5, 0.6) is 5.75 Å². The third kappa shape index (κ3) is 4.67. The number of carbonyl (C=O) groups excluding carboxylic acids is 2. The van der Waals surface area contributed by atoms with E-state index in [1.807, 2.05) is 54.6 Å². The van der Waals surface area contributed by atoms with E-state index in [1.54, 1.807) is 24.1 Å². The van der Waals surface area contributed by atoms with Crippen LogP contribution in [0.4, 0.5) is 0 Å². The van der Waals surface area contributed by atoms with E-state index in [-0.39, 0.29) is 23.7 Å². The fraction of sp³-hybridized carbons (Fsp3) is 0.259. The molecule has 2 amide bonds. The Kier molecular flexibility index (Phi) is 6.55. The van der Waals surface area contributed by atoms with Crippen LogP contribution in [0, 0.1) is 12.8 Å². The molecule has 1 fully saturated rings. The maximum atomic E-state index is 13.3. The summed E-state index contributed by atoms with van der Waals surface area (Å²) in [5.41, 5.74) is 3.87. The number of methoxy groups -OCH3 is 1. The molecule has 1 heterocycles. The Labute approximate surface area is 189 Å². The van der Waals surface area contributed by atoms with Crippen LogP contribution in [0.1, 0.15) is 33.0 Å². The van der Waals surface area contributed by atoms with Crippen LogP contribution >= 0.6 is 0 Å². The quantitative estimate of drug-likeness (QED) is 0.641. The molecule has 4 rings (SSSR count). The molecule has 1 N–H and O–H groups in total. The fourth-order valence-electron chi connectivity index (χ4n) is 4.41. The molecule has 32 heavy (non-hydrogen) atoms. The molecular weight excluding hydrogens is 400 g/mol. The Bertz CT molecular complexity index is 1100. The van der Waals surface area contributed by atoms with Crippen LogP contribution < -0.4 is 10.1 Å². The van der Waals surface area contributed by atoms with Gasteiger partial charge in [-0.15, -0.1) is 0 Å². The van der Waals surface area contributed by atoms with Gasteiger partial charge in [0, 0.05) is 31.1 Å². The Morgan fingerprint density at radius 2 is 1.72 bits per heavy atom. The SMILES string of the molecule is COc1cccc(C(=O)N2CC(C(=O)NCc3ccccc3)C(c3ccccc3C)C2)c1. The second kappa shape index (κ2) is 9.69. The highest BCUT2D eigenvalue weighted by atomic mass is 16.5. The summed E-state index contributed by atoms with van der Waals surface area (Å²) in [6, 6.07) is 25.1. The molecule has 0 aromatic heterocycles. The standard InChI is InChI=1S/C27H28N2O3/c1-19-9-6-7-14-23(19)24-17-29(27(31)21-12-8-13-22(15-21)32-2)18-25(24)26(30)28-16-20-10-4-3-5-11-20/h3-15,24-25H,16-18H2,1-2H3,(H,28,30). The first-order valence-corrected chi connectivity index (χ1v) is 10.9. The highest BCUT2D eigenvalue weighted by Gasteiger charge is 2.41.